The van der Waals surface area contributed by atoms with Crippen molar-refractivity contribution in [3.8, 4) is 5.75 Å². The molecule has 0 radical (unpaired) electrons. The molecule has 1 aliphatic heterocycles. The number of aldehydes is 1. The van der Waals surface area contributed by atoms with Gasteiger partial charge in [-0.05, 0) is 60.9 Å². The first-order valence-corrected chi connectivity index (χ1v) is 12.1. The van der Waals surface area contributed by atoms with Crippen LogP contribution in [0.4, 0.5) is 5.69 Å². The van der Waals surface area contributed by atoms with Gasteiger partial charge in [-0.1, -0.05) is 36.4 Å². The second kappa shape index (κ2) is 11.9. The molecule has 4 rings (SSSR count). The number of carbonyl (C=O) groups excluding carboxylic acids is 1. The van der Waals surface area contributed by atoms with Gasteiger partial charge in [0.05, 0.1) is 12.3 Å². The molecule has 0 amide bonds. The topological polar surface area (TPSA) is 84.8 Å². The third-order valence-corrected chi connectivity index (χ3v) is 6.53. The number of hydrogen-bond donors (Lipinski definition) is 1. The Hall–Kier alpha value is -3.29. The van der Waals surface area contributed by atoms with Crippen molar-refractivity contribution in [2.45, 2.75) is 39.2 Å². The van der Waals surface area contributed by atoms with Crippen molar-refractivity contribution in [1.82, 2.24) is 9.97 Å². The van der Waals surface area contributed by atoms with E-state index < -0.39 is 0 Å². The number of hydrogen-bond acceptors (Lipinski definition) is 7. The molecule has 0 bridgehead atoms. The van der Waals surface area contributed by atoms with Gasteiger partial charge in [-0.3, -0.25) is 4.79 Å². The molecule has 184 valence electrons. The number of methoxy groups -OCH3 is 1. The molecule has 2 aromatic carbocycles. The quantitative estimate of drug-likeness (QED) is 0.263. The maximum absolute atomic E-state index is 11.1. The fourth-order valence-electron chi connectivity index (χ4n) is 4.53. The van der Waals surface area contributed by atoms with Gasteiger partial charge >= 0.3 is 0 Å². The lowest BCUT2D eigenvalue weighted by atomic mass is 9.92. The van der Waals surface area contributed by atoms with Crippen LogP contribution in [0, 0.1) is 12.8 Å². The zero-order valence-corrected chi connectivity index (χ0v) is 20.4. The highest BCUT2D eigenvalue weighted by Crippen LogP contribution is 2.27. The number of piperidine rings is 1. The van der Waals surface area contributed by atoms with Gasteiger partial charge in [-0.25, -0.2) is 9.97 Å². The monoisotopic (exact) mass is 475 g/mol. The molecule has 35 heavy (non-hydrogen) atoms. The van der Waals surface area contributed by atoms with Crippen molar-refractivity contribution in [2.24, 2.45) is 5.92 Å². The van der Waals surface area contributed by atoms with Gasteiger partial charge in [0.1, 0.15) is 18.3 Å². The molecule has 0 atom stereocenters. The summed E-state index contributed by atoms with van der Waals surface area (Å²) in [6.07, 6.45) is 4.31. The Morgan fingerprint density at radius 1 is 1.00 bits per heavy atom. The zero-order valence-electron chi connectivity index (χ0n) is 20.4. The van der Waals surface area contributed by atoms with Gasteiger partial charge in [0.25, 0.3) is 0 Å². The molecule has 1 N–H and O–H groups in total. The molecule has 0 aliphatic carbocycles. The summed E-state index contributed by atoms with van der Waals surface area (Å²) >= 11 is 0. The average Bonchev–Trinajstić information content (AvgIpc) is 2.88. The zero-order chi connectivity index (χ0) is 24.6. The number of ether oxygens (including phenoxy) is 2. The second-order valence-electron chi connectivity index (χ2n) is 9.13. The molecule has 1 aliphatic rings. The Bertz CT molecular complexity index is 1110. The van der Waals surface area contributed by atoms with Gasteiger partial charge < -0.3 is 19.5 Å². The van der Waals surface area contributed by atoms with Crippen LogP contribution in [0.1, 0.15) is 51.5 Å². The van der Waals surface area contributed by atoms with E-state index in [1.807, 2.05) is 0 Å². The maximum atomic E-state index is 11.1. The van der Waals surface area contributed by atoms with Gasteiger partial charge in [0, 0.05) is 32.3 Å². The fraction of sp³-hybridized carbons (Fsp3) is 0.393. The predicted molar refractivity (Wildman–Crippen MR) is 135 cm³/mol. The molecule has 0 spiro atoms. The normalized spacial score (nSPS) is 14.3. The van der Waals surface area contributed by atoms with Gasteiger partial charge in [-0.2, -0.15) is 0 Å². The summed E-state index contributed by atoms with van der Waals surface area (Å²) in [4.78, 5) is 22.2. The van der Waals surface area contributed by atoms with E-state index in [-0.39, 0.29) is 11.4 Å². The largest absolute Gasteiger partial charge is 0.504 e. The summed E-state index contributed by atoms with van der Waals surface area (Å²) in [6.45, 7) is 4.53. The highest BCUT2D eigenvalue weighted by molar-refractivity contribution is 5.76. The van der Waals surface area contributed by atoms with Gasteiger partial charge in [-0.15, -0.1) is 0 Å². The van der Waals surface area contributed by atoms with Crippen LogP contribution in [0.2, 0.25) is 0 Å². The van der Waals surface area contributed by atoms with Crippen LogP contribution in [-0.2, 0) is 28.9 Å². The van der Waals surface area contributed by atoms with Crippen molar-refractivity contribution in [2.75, 3.05) is 31.9 Å². The predicted octanol–water partition coefficient (Wildman–Crippen LogP) is 4.47. The summed E-state index contributed by atoms with van der Waals surface area (Å²) in [5, 5.41) is 9.87. The standard InChI is InChI=1S/C28H33N3O4/c1-20-28(33)26(17-32)30-27(29-20)16-23-11-13-31(14-12-23)25-9-7-22(8-10-25)15-21-3-5-24(6-4-21)18-35-19-34-2/h3-10,17,23,33H,11-16,18-19H2,1-2H3. The van der Waals surface area contributed by atoms with E-state index in [0.717, 1.165) is 44.3 Å². The lowest BCUT2D eigenvalue weighted by molar-refractivity contribution is -0.0390. The van der Waals surface area contributed by atoms with E-state index in [9.17, 15) is 9.90 Å². The number of nitrogens with zero attached hydrogens (tertiary/aromatic N) is 3. The molecule has 1 aromatic heterocycles. The van der Waals surface area contributed by atoms with Crippen LogP contribution in [0.3, 0.4) is 0 Å². The van der Waals surface area contributed by atoms with Crippen LogP contribution < -0.4 is 4.90 Å². The third-order valence-electron chi connectivity index (χ3n) is 6.53. The molecule has 2 heterocycles. The summed E-state index contributed by atoms with van der Waals surface area (Å²) in [5.74, 6) is 0.990. The van der Waals surface area contributed by atoms with Crippen LogP contribution in [-0.4, -0.2) is 48.4 Å². The molecule has 7 heteroatoms. The van der Waals surface area contributed by atoms with E-state index in [4.69, 9.17) is 9.47 Å². The minimum absolute atomic E-state index is 0.0806. The fourth-order valence-corrected chi connectivity index (χ4v) is 4.53. The number of rotatable bonds is 10. The Morgan fingerprint density at radius 3 is 2.26 bits per heavy atom. The molecule has 1 fully saturated rings. The molecule has 0 unspecified atom stereocenters. The van der Waals surface area contributed by atoms with Crippen LogP contribution in [0.25, 0.3) is 0 Å². The number of anilines is 1. The van der Waals surface area contributed by atoms with Crippen molar-refractivity contribution in [3.05, 3.63) is 82.4 Å². The highest BCUT2D eigenvalue weighted by atomic mass is 16.7. The minimum atomic E-state index is -0.119. The van der Waals surface area contributed by atoms with Crippen molar-refractivity contribution >= 4 is 12.0 Å². The molecular weight excluding hydrogens is 442 g/mol. The van der Waals surface area contributed by atoms with Gasteiger partial charge in [0.2, 0.25) is 0 Å². The Morgan fingerprint density at radius 2 is 1.63 bits per heavy atom. The summed E-state index contributed by atoms with van der Waals surface area (Å²) in [6, 6.07) is 17.4. The first-order valence-electron chi connectivity index (χ1n) is 12.1. The minimum Gasteiger partial charge on any atom is -0.504 e. The summed E-state index contributed by atoms with van der Waals surface area (Å²) < 4.78 is 10.3. The molecular formula is C28H33N3O4. The van der Waals surface area contributed by atoms with Gasteiger partial charge in [0.15, 0.2) is 12.0 Å². The van der Waals surface area contributed by atoms with Crippen LogP contribution in [0.15, 0.2) is 48.5 Å². The average molecular weight is 476 g/mol. The molecule has 0 saturated carbocycles. The summed E-state index contributed by atoms with van der Waals surface area (Å²) in [7, 11) is 1.62. The number of aryl methyl sites for hydroxylation is 1. The van der Waals surface area contributed by atoms with E-state index in [0.29, 0.717) is 37.1 Å². The van der Waals surface area contributed by atoms with E-state index in [1.54, 1.807) is 14.0 Å². The first-order chi connectivity index (χ1) is 17.1. The number of benzene rings is 2. The van der Waals surface area contributed by atoms with Crippen LogP contribution >= 0.6 is 0 Å². The Kier molecular flexibility index (Phi) is 8.45. The molecule has 1 saturated heterocycles. The lowest BCUT2D eigenvalue weighted by Crippen LogP contribution is -2.34. The Balaban J connectivity index is 1.27. The molecule has 7 nitrogen and oxygen atoms in total. The number of carbonyl (C=O) groups is 1. The van der Waals surface area contributed by atoms with Crippen molar-refractivity contribution in [3.63, 3.8) is 0 Å². The number of aromatic nitrogens is 2. The first kappa shape index (κ1) is 24.8. The molecule has 3 aromatic rings. The smallest absolute Gasteiger partial charge is 0.172 e. The maximum Gasteiger partial charge on any atom is 0.172 e. The van der Waals surface area contributed by atoms with E-state index >= 15 is 0 Å². The second-order valence-corrected chi connectivity index (χ2v) is 9.13. The van der Waals surface area contributed by atoms with Crippen molar-refractivity contribution in [1.29, 1.82) is 0 Å². The van der Waals surface area contributed by atoms with Crippen LogP contribution in [0.5, 0.6) is 5.75 Å². The SMILES string of the molecule is COCOCc1ccc(Cc2ccc(N3CCC(Cc4nc(C)c(O)c(C=O)n4)CC3)cc2)cc1. The van der Waals surface area contributed by atoms with E-state index in [1.165, 1.54) is 16.8 Å². The van der Waals surface area contributed by atoms with Crippen molar-refractivity contribution < 1.29 is 19.4 Å². The third kappa shape index (κ3) is 6.65. The summed E-state index contributed by atoms with van der Waals surface area (Å²) in [5.41, 5.74) is 5.49. The number of aromatic hydroxyl groups is 1. The highest BCUT2D eigenvalue weighted by Gasteiger charge is 2.22. The lowest BCUT2D eigenvalue weighted by Gasteiger charge is -2.33. The van der Waals surface area contributed by atoms with E-state index in [2.05, 4.69) is 63.4 Å². The Labute approximate surface area is 206 Å².